The summed E-state index contributed by atoms with van der Waals surface area (Å²) in [5, 5.41) is 0. The summed E-state index contributed by atoms with van der Waals surface area (Å²) in [6.45, 7) is 1.08. The number of hydrogen-bond donors (Lipinski definition) is 1. The van der Waals surface area contributed by atoms with Gasteiger partial charge in [-0.05, 0) is 6.92 Å². The summed E-state index contributed by atoms with van der Waals surface area (Å²) in [6.07, 6.45) is -1.97. The van der Waals surface area contributed by atoms with Crippen LogP contribution in [0.5, 0.6) is 0 Å². The predicted octanol–water partition coefficient (Wildman–Crippen LogP) is -0.383. The van der Waals surface area contributed by atoms with E-state index >= 15 is 0 Å². The fourth-order valence-electron chi connectivity index (χ4n) is 0.460. The zero-order valence-corrected chi connectivity index (χ0v) is 6.90. The van der Waals surface area contributed by atoms with Gasteiger partial charge in [0.25, 0.3) is 0 Å². The number of carbonyl (C=O) groups is 2. The van der Waals surface area contributed by atoms with Crippen molar-refractivity contribution >= 4 is 12.1 Å². The standard InChI is InChI=1S/C6H11NO5/c1-4(5(8)10-2)12-6(9)11-3-7/h4H,3,7H2,1-2H3/t4-/m0/s1. The second-order valence-electron chi connectivity index (χ2n) is 1.84. The molecule has 0 saturated carbocycles. The van der Waals surface area contributed by atoms with Crippen molar-refractivity contribution < 1.29 is 23.8 Å². The van der Waals surface area contributed by atoms with Gasteiger partial charge in [-0.3, -0.25) is 5.73 Å². The molecule has 0 rings (SSSR count). The third-order valence-electron chi connectivity index (χ3n) is 1.01. The Morgan fingerprint density at radius 3 is 2.50 bits per heavy atom. The SMILES string of the molecule is COC(=O)[C@H](C)OC(=O)OCN. The minimum Gasteiger partial charge on any atom is -0.466 e. The van der Waals surface area contributed by atoms with Gasteiger partial charge in [0.15, 0.2) is 6.10 Å². The van der Waals surface area contributed by atoms with E-state index in [1.165, 1.54) is 14.0 Å². The number of rotatable bonds is 3. The molecule has 0 saturated heterocycles. The Morgan fingerprint density at radius 2 is 2.08 bits per heavy atom. The lowest BCUT2D eigenvalue weighted by Crippen LogP contribution is -2.26. The summed E-state index contributed by atoms with van der Waals surface area (Å²) in [5.41, 5.74) is 4.87. The smallest absolute Gasteiger partial charge is 0.466 e. The van der Waals surface area contributed by atoms with Crippen molar-refractivity contribution in [3.8, 4) is 0 Å². The van der Waals surface area contributed by atoms with Crippen LogP contribution in [-0.2, 0) is 19.0 Å². The summed E-state index contributed by atoms with van der Waals surface area (Å²) >= 11 is 0. The highest BCUT2D eigenvalue weighted by Gasteiger charge is 2.18. The molecule has 0 fully saturated rings. The topological polar surface area (TPSA) is 87.8 Å². The fraction of sp³-hybridized carbons (Fsp3) is 0.667. The molecule has 0 amide bonds. The lowest BCUT2D eigenvalue weighted by Gasteiger charge is -2.09. The third kappa shape index (κ3) is 3.77. The van der Waals surface area contributed by atoms with Gasteiger partial charge in [-0.1, -0.05) is 0 Å². The van der Waals surface area contributed by atoms with Crippen LogP contribution in [-0.4, -0.2) is 32.1 Å². The lowest BCUT2D eigenvalue weighted by atomic mass is 10.4. The molecule has 1 atom stereocenters. The highest BCUT2D eigenvalue weighted by atomic mass is 16.7. The second kappa shape index (κ2) is 5.36. The van der Waals surface area contributed by atoms with Crippen LogP contribution in [0, 0.1) is 0 Å². The van der Waals surface area contributed by atoms with E-state index in [0.29, 0.717) is 0 Å². The van der Waals surface area contributed by atoms with Crippen LogP contribution in [0.3, 0.4) is 0 Å². The third-order valence-corrected chi connectivity index (χ3v) is 1.01. The molecule has 0 aromatic rings. The number of methoxy groups -OCH3 is 1. The van der Waals surface area contributed by atoms with Gasteiger partial charge in [-0.2, -0.15) is 0 Å². The van der Waals surface area contributed by atoms with E-state index in [-0.39, 0.29) is 6.73 Å². The molecular formula is C6H11NO5. The van der Waals surface area contributed by atoms with E-state index in [1.807, 2.05) is 0 Å². The van der Waals surface area contributed by atoms with Crippen molar-refractivity contribution in [2.24, 2.45) is 5.73 Å². The molecule has 0 aromatic carbocycles. The first-order valence-electron chi connectivity index (χ1n) is 3.23. The second-order valence-corrected chi connectivity index (χ2v) is 1.84. The van der Waals surface area contributed by atoms with E-state index in [0.717, 1.165) is 0 Å². The number of carbonyl (C=O) groups excluding carboxylic acids is 2. The zero-order chi connectivity index (χ0) is 9.56. The number of nitrogens with two attached hydrogens (primary N) is 1. The van der Waals surface area contributed by atoms with Crippen LogP contribution in [0.2, 0.25) is 0 Å². The van der Waals surface area contributed by atoms with E-state index < -0.39 is 18.2 Å². The first-order valence-corrected chi connectivity index (χ1v) is 3.23. The van der Waals surface area contributed by atoms with Crippen LogP contribution < -0.4 is 5.73 Å². The van der Waals surface area contributed by atoms with Crippen molar-refractivity contribution in [1.82, 2.24) is 0 Å². The van der Waals surface area contributed by atoms with E-state index in [2.05, 4.69) is 14.2 Å². The van der Waals surface area contributed by atoms with Gasteiger partial charge in [0, 0.05) is 0 Å². The average Bonchev–Trinajstić information content (AvgIpc) is 2.03. The van der Waals surface area contributed by atoms with Gasteiger partial charge in [0.1, 0.15) is 6.73 Å². The molecule has 0 radical (unpaired) electrons. The molecule has 0 unspecified atom stereocenters. The van der Waals surface area contributed by atoms with E-state index in [9.17, 15) is 9.59 Å². The van der Waals surface area contributed by atoms with Gasteiger partial charge in [-0.15, -0.1) is 0 Å². The van der Waals surface area contributed by atoms with Crippen LogP contribution in [0.1, 0.15) is 6.92 Å². The molecule has 2 N–H and O–H groups in total. The van der Waals surface area contributed by atoms with Gasteiger partial charge in [0.05, 0.1) is 7.11 Å². The molecule has 0 heterocycles. The average molecular weight is 177 g/mol. The highest BCUT2D eigenvalue weighted by molar-refractivity contribution is 5.76. The fourth-order valence-corrected chi connectivity index (χ4v) is 0.460. The van der Waals surface area contributed by atoms with Crippen molar-refractivity contribution in [2.45, 2.75) is 13.0 Å². The molecule has 0 bridgehead atoms. The van der Waals surface area contributed by atoms with Crippen LogP contribution in [0.25, 0.3) is 0 Å². The van der Waals surface area contributed by atoms with Gasteiger partial charge in [-0.25, -0.2) is 9.59 Å². The summed E-state index contributed by atoms with van der Waals surface area (Å²) in [7, 11) is 1.19. The lowest BCUT2D eigenvalue weighted by molar-refractivity contribution is -0.150. The minimum absolute atomic E-state index is 0.285. The molecule has 0 aliphatic rings. The first-order chi connectivity index (χ1) is 5.61. The minimum atomic E-state index is -0.990. The maximum absolute atomic E-state index is 10.7. The summed E-state index contributed by atoms with van der Waals surface area (Å²) in [5.74, 6) is -0.649. The molecule has 0 aliphatic carbocycles. The first kappa shape index (κ1) is 10.7. The predicted molar refractivity (Wildman–Crippen MR) is 38.1 cm³/mol. The van der Waals surface area contributed by atoms with Crippen molar-refractivity contribution in [3.63, 3.8) is 0 Å². The van der Waals surface area contributed by atoms with Gasteiger partial charge in [0.2, 0.25) is 0 Å². The Balaban J connectivity index is 3.75. The molecule has 0 aliphatic heterocycles. The molecular weight excluding hydrogens is 166 g/mol. The maximum atomic E-state index is 10.7. The van der Waals surface area contributed by atoms with Crippen molar-refractivity contribution in [3.05, 3.63) is 0 Å². The molecule has 6 nitrogen and oxygen atoms in total. The van der Waals surface area contributed by atoms with E-state index in [4.69, 9.17) is 5.73 Å². The highest BCUT2D eigenvalue weighted by Crippen LogP contribution is 1.95. The summed E-state index contributed by atoms with van der Waals surface area (Å²) in [6, 6.07) is 0. The van der Waals surface area contributed by atoms with Gasteiger partial charge < -0.3 is 14.2 Å². The molecule has 6 heteroatoms. The monoisotopic (exact) mass is 177 g/mol. The number of esters is 1. The molecule has 0 aromatic heterocycles. The van der Waals surface area contributed by atoms with Crippen LogP contribution in [0.15, 0.2) is 0 Å². The van der Waals surface area contributed by atoms with Crippen molar-refractivity contribution in [2.75, 3.05) is 13.8 Å². The number of ether oxygens (including phenoxy) is 3. The summed E-state index contributed by atoms with van der Waals surface area (Å²) < 4.78 is 12.9. The maximum Gasteiger partial charge on any atom is 0.510 e. The number of hydrogen-bond acceptors (Lipinski definition) is 6. The van der Waals surface area contributed by atoms with Gasteiger partial charge >= 0.3 is 12.1 Å². The molecule has 70 valence electrons. The largest absolute Gasteiger partial charge is 0.510 e. The van der Waals surface area contributed by atoms with Crippen molar-refractivity contribution in [1.29, 1.82) is 0 Å². The zero-order valence-electron chi connectivity index (χ0n) is 6.90. The molecule has 12 heavy (non-hydrogen) atoms. The van der Waals surface area contributed by atoms with E-state index in [1.54, 1.807) is 0 Å². The Hall–Kier alpha value is -1.30. The quantitative estimate of drug-likeness (QED) is 0.467. The summed E-state index contributed by atoms with van der Waals surface area (Å²) in [4.78, 5) is 21.2. The Kier molecular flexibility index (Phi) is 4.78. The normalized spacial score (nSPS) is 11.6. The Morgan fingerprint density at radius 1 is 1.50 bits per heavy atom. The van der Waals surface area contributed by atoms with Crippen LogP contribution >= 0.6 is 0 Å². The molecule has 0 spiro atoms. The van der Waals surface area contributed by atoms with Crippen LogP contribution in [0.4, 0.5) is 4.79 Å². The Labute approximate surface area is 69.6 Å². The Bertz CT molecular complexity index is 169.